The second kappa shape index (κ2) is 7.07. The molecule has 0 aliphatic heterocycles. The fourth-order valence-electron chi connectivity index (χ4n) is 2.36. The molecule has 0 saturated carbocycles. The minimum absolute atomic E-state index is 0.00629. The van der Waals surface area contributed by atoms with Gasteiger partial charge in [-0.15, -0.1) is 0 Å². The topological polar surface area (TPSA) is 46.9 Å². The summed E-state index contributed by atoms with van der Waals surface area (Å²) in [4.78, 5) is 12.4. The van der Waals surface area contributed by atoms with E-state index in [1.807, 2.05) is 37.4 Å². The second-order valence-corrected chi connectivity index (χ2v) is 5.76. The van der Waals surface area contributed by atoms with Crippen LogP contribution >= 0.6 is 0 Å². The molecule has 2 atom stereocenters. The lowest BCUT2D eigenvalue weighted by molar-refractivity contribution is -0.125. The Hall–Kier alpha value is -2.10. The Bertz CT molecular complexity index is 549. The molecule has 4 nitrogen and oxygen atoms in total. The first-order valence-electron chi connectivity index (χ1n) is 7.42. The van der Waals surface area contributed by atoms with Crippen LogP contribution in [0, 0.1) is 5.92 Å². The number of nitrogens with one attached hydrogen (secondary N) is 1. The van der Waals surface area contributed by atoms with Crippen molar-refractivity contribution in [3.63, 3.8) is 0 Å². The Morgan fingerprint density at radius 3 is 2.48 bits per heavy atom. The minimum atomic E-state index is -0.307. The number of nitrogens with zero attached hydrogens (tertiary/aromatic N) is 2. The number of hydrogen-bond acceptors (Lipinski definition) is 2. The molecule has 0 spiro atoms. The van der Waals surface area contributed by atoms with E-state index in [4.69, 9.17) is 0 Å². The average molecular weight is 285 g/mol. The van der Waals surface area contributed by atoms with E-state index in [2.05, 4.69) is 36.4 Å². The zero-order chi connectivity index (χ0) is 15.2. The molecule has 0 radical (unpaired) electrons. The van der Waals surface area contributed by atoms with Gasteiger partial charge in [0.25, 0.3) is 0 Å². The van der Waals surface area contributed by atoms with Crippen LogP contribution in [0.25, 0.3) is 0 Å². The second-order valence-electron chi connectivity index (χ2n) is 5.76. The molecule has 2 unspecified atom stereocenters. The monoisotopic (exact) mass is 285 g/mol. The molecule has 0 aliphatic carbocycles. The van der Waals surface area contributed by atoms with Gasteiger partial charge in [-0.1, -0.05) is 44.2 Å². The zero-order valence-electron chi connectivity index (χ0n) is 12.9. The summed E-state index contributed by atoms with van der Waals surface area (Å²) >= 11 is 0. The lowest BCUT2D eigenvalue weighted by atomic mass is 9.97. The standard InChI is InChI=1S/C17H23N3O/c1-13(2)12-16(15-8-5-4-6-9-15)19-17(21)14(3)20-11-7-10-18-20/h4-11,13-14,16H,12H2,1-3H3,(H,19,21). The number of rotatable bonds is 6. The summed E-state index contributed by atoms with van der Waals surface area (Å²) in [7, 11) is 0. The van der Waals surface area contributed by atoms with Gasteiger partial charge in [-0.2, -0.15) is 5.10 Å². The first-order chi connectivity index (χ1) is 10.1. The molecule has 2 aromatic rings. The van der Waals surface area contributed by atoms with Crippen LogP contribution in [0.2, 0.25) is 0 Å². The molecule has 0 saturated heterocycles. The normalized spacial score (nSPS) is 13.9. The van der Waals surface area contributed by atoms with Crippen molar-refractivity contribution in [3.8, 4) is 0 Å². The van der Waals surface area contributed by atoms with E-state index >= 15 is 0 Å². The third-order valence-corrected chi connectivity index (χ3v) is 3.53. The lowest BCUT2D eigenvalue weighted by Gasteiger charge is -2.23. The highest BCUT2D eigenvalue weighted by atomic mass is 16.2. The van der Waals surface area contributed by atoms with Gasteiger partial charge in [-0.25, -0.2) is 0 Å². The SMILES string of the molecule is CC(C)CC(NC(=O)C(C)n1cccn1)c1ccccc1. The largest absolute Gasteiger partial charge is 0.347 e. The van der Waals surface area contributed by atoms with Gasteiger partial charge in [0.1, 0.15) is 6.04 Å². The van der Waals surface area contributed by atoms with Gasteiger partial charge in [0.2, 0.25) is 5.91 Å². The van der Waals surface area contributed by atoms with E-state index in [9.17, 15) is 4.79 Å². The van der Waals surface area contributed by atoms with Crippen molar-refractivity contribution < 1.29 is 4.79 Å². The van der Waals surface area contributed by atoms with Crippen LogP contribution in [0.15, 0.2) is 48.8 Å². The number of carbonyl (C=O) groups excluding carboxylic acids is 1. The van der Waals surface area contributed by atoms with E-state index in [1.54, 1.807) is 10.9 Å². The minimum Gasteiger partial charge on any atom is -0.347 e. The summed E-state index contributed by atoms with van der Waals surface area (Å²) in [5, 5.41) is 7.29. The van der Waals surface area contributed by atoms with Crippen LogP contribution in [0.4, 0.5) is 0 Å². The van der Waals surface area contributed by atoms with E-state index in [1.165, 1.54) is 0 Å². The summed E-state index contributed by atoms with van der Waals surface area (Å²) in [5.74, 6) is 0.503. The van der Waals surface area contributed by atoms with Gasteiger partial charge in [0.15, 0.2) is 0 Å². The highest BCUT2D eigenvalue weighted by molar-refractivity contribution is 5.80. The van der Waals surface area contributed by atoms with Crippen molar-refractivity contribution in [2.45, 2.75) is 39.3 Å². The van der Waals surface area contributed by atoms with Gasteiger partial charge in [0, 0.05) is 12.4 Å². The van der Waals surface area contributed by atoms with E-state index < -0.39 is 0 Å². The van der Waals surface area contributed by atoms with Gasteiger partial charge >= 0.3 is 0 Å². The maximum absolute atomic E-state index is 12.4. The quantitative estimate of drug-likeness (QED) is 0.884. The van der Waals surface area contributed by atoms with Crippen molar-refractivity contribution in [1.82, 2.24) is 15.1 Å². The predicted molar refractivity (Wildman–Crippen MR) is 83.7 cm³/mol. The summed E-state index contributed by atoms with van der Waals surface area (Å²) in [6, 6.07) is 11.7. The molecule has 21 heavy (non-hydrogen) atoms. The van der Waals surface area contributed by atoms with Crippen molar-refractivity contribution in [3.05, 3.63) is 54.4 Å². The Morgan fingerprint density at radius 1 is 1.19 bits per heavy atom. The smallest absolute Gasteiger partial charge is 0.245 e. The molecule has 1 aromatic carbocycles. The van der Waals surface area contributed by atoms with Crippen LogP contribution in [0.3, 0.4) is 0 Å². The summed E-state index contributed by atoms with van der Waals surface area (Å²) < 4.78 is 1.67. The fourth-order valence-corrected chi connectivity index (χ4v) is 2.36. The van der Waals surface area contributed by atoms with Crippen LogP contribution in [-0.2, 0) is 4.79 Å². The lowest BCUT2D eigenvalue weighted by Crippen LogP contribution is -2.35. The Balaban J connectivity index is 2.10. The molecule has 1 N–H and O–H groups in total. The van der Waals surface area contributed by atoms with Gasteiger partial charge in [-0.05, 0) is 30.9 Å². The molecular formula is C17H23N3O. The van der Waals surface area contributed by atoms with Gasteiger partial charge in [-0.3, -0.25) is 9.48 Å². The van der Waals surface area contributed by atoms with Crippen LogP contribution in [-0.4, -0.2) is 15.7 Å². The van der Waals surface area contributed by atoms with Gasteiger partial charge in [0.05, 0.1) is 6.04 Å². The number of hydrogen-bond donors (Lipinski definition) is 1. The zero-order valence-corrected chi connectivity index (χ0v) is 12.9. The maximum Gasteiger partial charge on any atom is 0.245 e. The molecule has 1 heterocycles. The fraction of sp³-hybridized carbons (Fsp3) is 0.412. The molecule has 0 bridgehead atoms. The summed E-state index contributed by atoms with van der Waals surface area (Å²) in [5.41, 5.74) is 1.15. The molecule has 1 amide bonds. The number of benzene rings is 1. The van der Waals surface area contributed by atoms with Crippen molar-refractivity contribution in [2.24, 2.45) is 5.92 Å². The first-order valence-corrected chi connectivity index (χ1v) is 7.42. The number of amides is 1. The molecule has 112 valence electrons. The molecule has 0 fully saturated rings. The average Bonchev–Trinajstić information content (AvgIpc) is 3.00. The molecule has 4 heteroatoms. The predicted octanol–water partition coefficient (Wildman–Crippen LogP) is 3.35. The highest BCUT2D eigenvalue weighted by Gasteiger charge is 2.21. The molecule has 2 rings (SSSR count). The Morgan fingerprint density at radius 2 is 1.90 bits per heavy atom. The van der Waals surface area contributed by atoms with Crippen molar-refractivity contribution in [2.75, 3.05) is 0 Å². The van der Waals surface area contributed by atoms with Crippen LogP contribution in [0.5, 0.6) is 0 Å². The third-order valence-electron chi connectivity index (χ3n) is 3.53. The molecule has 1 aromatic heterocycles. The Kier molecular flexibility index (Phi) is 5.14. The van der Waals surface area contributed by atoms with Crippen molar-refractivity contribution in [1.29, 1.82) is 0 Å². The number of aromatic nitrogens is 2. The Labute approximate surface area is 126 Å². The van der Waals surface area contributed by atoms with Crippen LogP contribution < -0.4 is 5.32 Å². The summed E-state index contributed by atoms with van der Waals surface area (Å²) in [6.45, 7) is 6.19. The third kappa shape index (κ3) is 4.18. The van der Waals surface area contributed by atoms with Crippen LogP contribution in [0.1, 0.15) is 44.8 Å². The molecule has 0 aliphatic rings. The summed E-state index contributed by atoms with van der Waals surface area (Å²) in [6.07, 6.45) is 4.42. The maximum atomic E-state index is 12.4. The first kappa shape index (κ1) is 15.3. The van der Waals surface area contributed by atoms with E-state index in [0.717, 1.165) is 12.0 Å². The van der Waals surface area contributed by atoms with E-state index in [-0.39, 0.29) is 18.0 Å². The molecular weight excluding hydrogens is 262 g/mol. The highest BCUT2D eigenvalue weighted by Crippen LogP contribution is 2.22. The van der Waals surface area contributed by atoms with E-state index in [0.29, 0.717) is 5.92 Å². The number of carbonyl (C=O) groups is 1. The van der Waals surface area contributed by atoms with Gasteiger partial charge < -0.3 is 5.32 Å². The van der Waals surface area contributed by atoms with Crippen molar-refractivity contribution >= 4 is 5.91 Å².